The highest BCUT2D eigenvalue weighted by Gasteiger charge is 2.25. The van der Waals surface area contributed by atoms with E-state index < -0.39 is 10.0 Å². The Hall–Kier alpha value is -4.19. The number of phenolic OH excluding ortho intramolecular Hbond substituents is 1. The molecule has 1 fully saturated rings. The predicted octanol–water partition coefficient (Wildman–Crippen LogP) is 3.17. The van der Waals surface area contributed by atoms with Gasteiger partial charge in [-0.2, -0.15) is 5.10 Å². The van der Waals surface area contributed by atoms with Crippen molar-refractivity contribution in [2.45, 2.75) is 18.4 Å². The largest absolute Gasteiger partial charge is 0.504 e. The minimum absolute atomic E-state index is 0.0332. The van der Waals surface area contributed by atoms with Crippen LogP contribution >= 0.6 is 0 Å². The molecule has 0 spiro atoms. The number of carbonyl (C=O) groups excluding carboxylic acids is 1. The van der Waals surface area contributed by atoms with Crippen LogP contribution in [0.1, 0.15) is 16.7 Å². The SMILES string of the molecule is COc1cc(/C=N\NC(=O)CN2CCN(Cc3cn(S(=O)(=O)c4ccccc4C)c4ccccc34)CC2)ccc1O. The molecule has 0 bridgehead atoms. The van der Waals surface area contributed by atoms with Gasteiger partial charge in [0.05, 0.1) is 30.3 Å². The molecular weight excluding hydrogens is 542 g/mol. The van der Waals surface area contributed by atoms with Gasteiger partial charge in [0, 0.05) is 44.3 Å². The van der Waals surface area contributed by atoms with E-state index in [0.717, 1.165) is 24.0 Å². The molecule has 2 heterocycles. The number of aryl methyl sites for hydroxylation is 1. The summed E-state index contributed by atoms with van der Waals surface area (Å²) in [4.78, 5) is 17.1. The summed E-state index contributed by atoms with van der Waals surface area (Å²) in [7, 11) is -2.29. The predicted molar refractivity (Wildman–Crippen MR) is 158 cm³/mol. The second kappa shape index (κ2) is 12.1. The number of carbonyl (C=O) groups is 1. The third-order valence-electron chi connectivity index (χ3n) is 7.22. The van der Waals surface area contributed by atoms with E-state index in [1.54, 1.807) is 43.5 Å². The molecule has 5 rings (SSSR count). The molecule has 3 aromatic carbocycles. The minimum atomic E-state index is -3.75. The second-order valence-electron chi connectivity index (χ2n) is 10.0. The van der Waals surface area contributed by atoms with Crippen molar-refractivity contribution < 1.29 is 23.1 Å². The topological polar surface area (TPSA) is 116 Å². The number of benzene rings is 3. The van der Waals surface area contributed by atoms with Gasteiger partial charge in [-0.1, -0.05) is 36.4 Å². The van der Waals surface area contributed by atoms with Crippen molar-refractivity contribution in [3.05, 3.63) is 89.6 Å². The molecule has 1 aliphatic rings. The number of rotatable bonds is 9. The van der Waals surface area contributed by atoms with Crippen molar-refractivity contribution in [1.82, 2.24) is 19.2 Å². The highest BCUT2D eigenvalue weighted by atomic mass is 32.2. The van der Waals surface area contributed by atoms with Crippen LogP contribution in [-0.4, -0.2) is 79.3 Å². The molecule has 0 unspecified atom stereocenters. The van der Waals surface area contributed by atoms with Gasteiger partial charge in [0.2, 0.25) is 0 Å². The quantitative estimate of drug-likeness (QED) is 0.233. The van der Waals surface area contributed by atoms with Crippen molar-refractivity contribution in [3.63, 3.8) is 0 Å². The average molecular weight is 576 g/mol. The number of aromatic hydroxyl groups is 1. The zero-order valence-electron chi connectivity index (χ0n) is 23.0. The molecule has 1 aromatic heterocycles. The zero-order valence-corrected chi connectivity index (χ0v) is 23.8. The Kier molecular flexibility index (Phi) is 8.39. The van der Waals surface area contributed by atoms with Crippen molar-refractivity contribution >= 4 is 33.0 Å². The number of hydrogen-bond acceptors (Lipinski definition) is 8. The number of nitrogens with one attached hydrogen (secondary N) is 1. The van der Waals surface area contributed by atoms with E-state index in [9.17, 15) is 18.3 Å². The summed E-state index contributed by atoms with van der Waals surface area (Å²) in [5, 5.41) is 14.6. The number of piperazine rings is 1. The number of para-hydroxylation sites is 1. The number of amides is 1. The van der Waals surface area contributed by atoms with Crippen LogP contribution < -0.4 is 10.2 Å². The zero-order chi connectivity index (χ0) is 29.0. The fourth-order valence-electron chi connectivity index (χ4n) is 5.03. The summed E-state index contributed by atoms with van der Waals surface area (Å²) in [5.74, 6) is 0.145. The van der Waals surface area contributed by atoms with Crippen LogP contribution in [0, 0.1) is 6.92 Å². The Labute approximate surface area is 239 Å². The van der Waals surface area contributed by atoms with Gasteiger partial charge in [0.1, 0.15) is 0 Å². The van der Waals surface area contributed by atoms with Gasteiger partial charge in [-0.05, 0) is 53.9 Å². The van der Waals surface area contributed by atoms with E-state index in [4.69, 9.17) is 4.74 Å². The molecule has 11 heteroatoms. The van der Waals surface area contributed by atoms with Crippen LogP contribution in [-0.2, 0) is 21.4 Å². The lowest BCUT2D eigenvalue weighted by Gasteiger charge is -2.34. The van der Waals surface area contributed by atoms with Crippen LogP contribution in [0.15, 0.2) is 82.9 Å². The highest BCUT2D eigenvalue weighted by molar-refractivity contribution is 7.90. The van der Waals surface area contributed by atoms with Gasteiger partial charge in [-0.25, -0.2) is 17.8 Å². The first-order valence-electron chi connectivity index (χ1n) is 13.3. The van der Waals surface area contributed by atoms with E-state index in [0.29, 0.717) is 46.9 Å². The molecule has 0 radical (unpaired) electrons. The summed E-state index contributed by atoms with van der Waals surface area (Å²) < 4.78 is 33.7. The first-order valence-corrected chi connectivity index (χ1v) is 14.7. The number of fused-ring (bicyclic) bond motifs is 1. The van der Waals surface area contributed by atoms with Gasteiger partial charge in [0.15, 0.2) is 11.5 Å². The monoisotopic (exact) mass is 575 g/mol. The third kappa shape index (κ3) is 6.27. The summed E-state index contributed by atoms with van der Waals surface area (Å²) in [6, 6.07) is 19.4. The van der Waals surface area contributed by atoms with E-state index in [1.165, 1.54) is 23.4 Å². The number of methoxy groups -OCH3 is 1. The maximum absolute atomic E-state index is 13.6. The maximum atomic E-state index is 13.6. The van der Waals surface area contributed by atoms with Crippen LogP contribution in [0.5, 0.6) is 11.5 Å². The summed E-state index contributed by atoms with van der Waals surface area (Å²) in [5.41, 5.74) is 5.54. The fourth-order valence-corrected chi connectivity index (χ4v) is 6.65. The van der Waals surface area contributed by atoms with Crippen LogP contribution in [0.4, 0.5) is 0 Å². The average Bonchev–Trinajstić information content (AvgIpc) is 3.34. The molecule has 1 aliphatic heterocycles. The molecular formula is C30H33N5O5S. The number of hydrogen-bond donors (Lipinski definition) is 2. The lowest BCUT2D eigenvalue weighted by molar-refractivity contribution is -0.122. The molecule has 0 saturated carbocycles. The first kappa shape index (κ1) is 28.3. The van der Waals surface area contributed by atoms with Crippen molar-refractivity contribution in [2.75, 3.05) is 39.8 Å². The Bertz CT molecular complexity index is 1690. The van der Waals surface area contributed by atoms with Crippen molar-refractivity contribution in [3.8, 4) is 11.5 Å². The van der Waals surface area contributed by atoms with E-state index in [2.05, 4.69) is 20.3 Å². The Morgan fingerprint density at radius 1 is 1.02 bits per heavy atom. The molecule has 41 heavy (non-hydrogen) atoms. The molecule has 0 aliphatic carbocycles. The Morgan fingerprint density at radius 3 is 2.49 bits per heavy atom. The van der Waals surface area contributed by atoms with Gasteiger partial charge >= 0.3 is 0 Å². The molecule has 1 amide bonds. The molecule has 1 saturated heterocycles. The van der Waals surface area contributed by atoms with Gasteiger partial charge in [-0.3, -0.25) is 14.6 Å². The van der Waals surface area contributed by atoms with E-state index in [1.807, 2.05) is 30.3 Å². The van der Waals surface area contributed by atoms with Gasteiger partial charge in [0.25, 0.3) is 15.9 Å². The summed E-state index contributed by atoms with van der Waals surface area (Å²) >= 11 is 0. The molecule has 2 N–H and O–H groups in total. The summed E-state index contributed by atoms with van der Waals surface area (Å²) in [6.45, 7) is 5.52. The Balaban J connectivity index is 1.19. The number of ether oxygens (including phenoxy) is 1. The minimum Gasteiger partial charge on any atom is -0.504 e. The van der Waals surface area contributed by atoms with Gasteiger partial charge in [-0.15, -0.1) is 0 Å². The number of aromatic nitrogens is 1. The lowest BCUT2D eigenvalue weighted by atomic mass is 10.1. The lowest BCUT2D eigenvalue weighted by Crippen LogP contribution is -2.48. The second-order valence-corrected chi connectivity index (χ2v) is 11.8. The van der Waals surface area contributed by atoms with Crippen molar-refractivity contribution in [1.29, 1.82) is 0 Å². The smallest absolute Gasteiger partial charge is 0.268 e. The highest BCUT2D eigenvalue weighted by Crippen LogP contribution is 2.28. The van der Waals surface area contributed by atoms with Gasteiger partial charge < -0.3 is 9.84 Å². The van der Waals surface area contributed by atoms with Crippen LogP contribution in [0.25, 0.3) is 10.9 Å². The van der Waals surface area contributed by atoms with Crippen LogP contribution in [0.2, 0.25) is 0 Å². The molecule has 0 atom stereocenters. The van der Waals surface area contributed by atoms with Crippen molar-refractivity contribution in [2.24, 2.45) is 5.10 Å². The molecule has 10 nitrogen and oxygen atoms in total. The maximum Gasteiger partial charge on any atom is 0.268 e. The summed E-state index contributed by atoms with van der Waals surface area (Å²) in [6.07, 6.45) is 3.24. The van der Waals surface area contributed by atoms with E-state index >= 15 is 0 Å². The number of nitrogens with zero attached hydrogens (tertiary/aromatic N) is 4. The third-order valence-corrected chi connectivity index (χ3v) is 9.06. The normalized spacial score (nSPS) is 15.0. The Morgan fingerprint density at radius 2 is 1.73 bits per heavy atom. The first-order chi connectivity index (χ1) is 19.8. The van der Waals surface area contributed by atoms with Crippen LogP contribution in [0.3, 0.4) is 0 Å². The number of phenols is 1. The standard InChI is InChI=1S/C30H33N5O5S/c1-22-7-3-6-10-29(22)41(38,39)35-20-24(25-8-4-5-9-26(25)35)19-33-13-15-34(16-14-33)21-30(37)32-31-18-23-11-12-27(36)28(17-23)40-2/h3-12,17-18,20,36H,13-16,19,21H2,1-2H3,(H,32,37)/b31-18-. The van der Waals surface area contributed by atoms with E-state index in [-0.39, 0.29) is 18.2 Å². The molecule has 4 aromatic rings. The number of hydrazone groups is 1. The molecule has 214 valence electrons. The fraction of sp³-hybridized carbons (Fsp3) is 0.267.